The zero-order valence-electron chi connectivity index (χ0n) is 10.6. The number of rotatable bonds is 8. The first-order chi connectivity index (χ1) is 8.25. The lowest BCUT2D eigenvalue weighted by atomic mass is 9.88. The summed E-state index contributed by atoms with van der Waals surface area (Å²) in [6.45, 7) is 0. The molecule has 3 unspecified atom stereocenters. The van der Waals surface area contributed by atoms with E-state index in [0.29, 0.717) is 0 Å². The second-order valence-electron chi connectivity index (χ2n) is 5.78. The summed E-state index contributed by atoms with van der Waals surface area (Å²) in [6.07, 6.45) is 14.9. The van der Waals surface area contributed by atoms with Crippen LogP contribution in [0, 0.1) is 17.8 Å². The molecule has 3 heteroatoms. The van der Waals surface area contributed by atoms with Crippen LogP contribution in [-0.4, -0.2) is 14.0 Å². The Morgan fingerprint density at radius 1 is 1.06 bits per heavy atom. The van der Waals surface area contributed by atoms with Gasteiger partial charge in [-0.25, -0.2) is 0 Å². The van der Waals surface area contributed by atoms with E-state index >= 15 is 0 Å². The predicted molar refractivity (Wildman–Crippen MR) is 80.8 cm³/mol. The standard InChI is InChI=1S/C14H24Cl2Si/c15-14(16)17-8-4-2-1-3-5-12-9-11-6-7-13(12)10-11/h6-7,11-14H,1-5,8-10,17H2. The number of hydrogen-bond donors (Lipinski definition) is 0. The van der Waals surface area contributed by atoms with Gasteiger partial charge in [-0.15, -0.1) is 23.2 Å². The SMILES string of the molecule is ClC(Cl)[SiH2]CCCCCCC1CC2C=CC1C2. The Kier molecular flexibility index (Phi) is 5.92. The lowest BCUT2D eigenvalue weighted by Gasteiger charge is -2.17. The third-order valence-corrected chi connectivity index (χ3v) is 7.07. The molecule has 1 saturated carbocycles. The van der Waals surface area contributed by atoms with Crippen molar-refractivity contribution >= 4 is 32.7 Å². The summed E-state index contributed by atoms with van der Waals surface area (Å²) in [5, 5.41) is 0. The molecule has 0 heterocycles. The first-order valence-corrected chi connectivity index (χ1v) is 9.91. The van der Waals surface area contributed by atoms with Gasteiger partial charge in [0.15, 0.2) is 0 Å². The van der Waals surface area contributed by atoms with Crippen LogP contribution in [0.15, 0.2) is 12.2 Å². The largest absolute Gasteiger partial charge is 0.110 e. The van der Waals surface area contributed by atoms with E-state index in [0.717, 1.165) is 17.8 Å². The number of unbranched alkanes of at least 4 members (excludes halogenated alkanes) is 3. The fraction of sp³-hybridized carbons (Fsp3) is 0.857. The summed E-state index contributed by atoms with van der Waals surface area (Å²) in [5.41, 5.74) is 0. The predicted octanol–water partition coefficient (Wildman–Crippen LogP) is 4.50. The quantitative estimate of drug-likeness (QED) is 0.267. The molecule has 3 atom stereocenters. The molecular weight excluding hydrogens is 267 g/mol. The van der Waals surface area contributed by atoms with Gasteiger partial charge >= 0.3 is 0 Å². The minimum atomic E-state index is -0.187. The van der Waals surface area contributed by atoms with E-state index in [4.69, 9.17) is 23.2 Å². The maximum absolute atomic E-state index is 5.76. The van der Waals surface area contributed by atoms with E-state index in [9.17, 15) is 0 Å². The van der Waals surface area contributed by atoms with E-state index in [1.807, 2.05) is 0 Å². The Bertz CT molecular complexity index is 253. The van der Waals surface area contributed by atoms with Crippen molar-refractivity contribution in [2.45, 2.75) is 55.4 Å². The molecule has 98 valence electrons. The van der Waals surface area contributed by atoms with Gasteiger partial charge in [0.1, 0.15) is 0 Å². The molecule has 1 fully saturated rings. The zero-order chi connectivity index (χ0) is 12.1. The van der Waals surface area contributed by atoms with Crippen LogP contribution >= 0.6 is 23.2 Å². The van der Waals surface area contributed by atoms with Gasteiger partial charge in [0, 0.05) is 0 Å². The smallest absolute Gasteiger partial charge is 0.0908 e. The summed E-state index contributed by atoms with van der Waals surface area (Å²) >= 11 is 11.5. The number of hydrogen-bond acceptors (Lipinski definition) is 0. The van der Waals surface area contributed by atoms with E-state index in [1.165, 1.54) is 51.0 Å². The van der Waals surface area contributed by atoms with E-state index in [-0.39, 0.29) is 14.0 Å². The van der Waals surface area contributed by atoms with Gasteiger partial charge < -0.3 is 0 Å². The summed E-state index contributed by atoms with van der Waals surface area (Å²) in [4.78, 5) is 0. The van der Waals surface area contributed by atoms with Crippen LogP contribution in [0.3, 0.4) is 0 Å². The lowest BCUT2D eigenvalue weighted by Crippen LogP contribution is -2.06. The van der Waals surface area contributed by atoms with Crippen molar-refractivity contribution in [3.05, 3.63) is 12.2 Å². The van der Waals surface area contributed by atoms with E-state index in [1.54, 1.807) is 0 Å². The minimum Gasteiger partial charge on any atom is -0.110 e. The molecule has 0 aliphatic heterocycles. The molecular formula is C14H24Cl2Si. The molecule has 0 amide bonds. The maximum Gasteiger partial charge on any atom is 0.0908 e. The average Bonchev–Trinajstić information content (AvgIpc) is 2.89. The highest BCUT2D eigenvalue weighted by atomic mass is 35.5. The van der Waals surface area contributed by atoms with Crippen molar-refractivity contribution in [2.75, 3.05) is 0 Å². The van der Waals surface area contributed by atoms with Crippen molar-refractivity contribution in [3.63, 3.8) is 0 Å². The van der Waals surface area contributed by atoms with Crippen molar-refractivity contribution < 1.29 is 0 Å². The Morgan fingerprint density at radius 3 is 2.53 bits per heavy atom. The van der Waals surface area contributed by atoms with Crippen LogP contribution in [0.5, 0.6) is 0 Å². The fourth-order valence-corrected chi connectivity index (χ4v) is 5.34. The Hall–Kier alpha value is 0.537. The van der Waals surface area contributed by atoms with E-state index in [2.05, 4.69) is 12.2 Å². The number of fused-ring (bicyclic) bond motifs is 2. The maximum atomic E-state index is 5.76. The van der Waals surface area contributed by atoms with Crippen LogP contribution < -0.4 is 0 Å². The number of allylic oxidation sites excluding steroid dienone is 2. The molecule has 2 aliphatic carbocycles. The Balaban J connectivity index is 1.43. The van der Waals surface area contributed by atoms with Gasteiger partial charge in [-0.2, -0.15) is 0 Å². The van der Waals surface area contributed by atoms with Crippen molar-refractivity contribution in [3.8, 4) is 0 Å². The molecule has 0 radical (unpaired) electrons. The highest BCUT2D eigenvalue weighted by Gasteiger charge is 2.34. The summed E-state index contributed by atoms with van der Waals surface area (Å²) < 4.78 is -0.0178. The molecule has 0 aromatic carbocycles. The second kappa shape index (κ2) is 7.21. The van der Waals surface area contributed by atoms with Gasteiger partial charge in [0.2, 0.25) is 0 Å². The first kappa shape index (κ1) is 14.0. The fourth-order valence-electron chi connectivity index (χ4n) is 3.46. The van der Waals surface area contributed by atoms with Gasteiger partial charge in [-0.3, -0.25) is 0 Å². The summed E-state index contributed by atoms with van der Waals surface area (Å²) in [6, 6.07) is 1.33. The van der Waals surface area contributed by atoms with Gasteiger partial charge in [0.05, 0.1) is 14.0 Å². The monoisotopic (exact) mass is 290 g/mol. The molecule has 17 heavy (non-hydrogen) atoms. The second-order valence-corrected chi connectivity index (χ2v) is 10.2. The molecule has 0 nitrogen and oxygen atoms in total. The summed E-state index contributed by atoms with van der Waals surface area (Å²) in [7, 11) is -0.187. The molecule has 0 aromatic rings. The van der Waals surface area contributed by atoms with Gasteiger partial charge in [-0.05, 0) is 37.0 Å². The third kappa shape index (κ3) is 4.61. The Labute approximate surface area is 118 Å². The highest BCUT2D eigenvalue weighted by Crippen LogP contribution is 2.45. The minimum absolute atomic E-state index is 0.0178. The average molecular weight is 291 g/mol. The van der Waals surface area contributed by atoms with Crippen molar-refractivity contribution in [2.24, 2.45) is 17.8 Å². The molecule has 0 N–H and O–H groups in total. The van der Waals surface area contributed by atoms with Crippen LogP contribution in [0.25, 0.3) is 0 Å². The molecule has 0 spiro atoms. The third-order valence-electron chi connectivity index (χ3n) is 4.41. The first-order valence-electron chi connectivity index (χ1n) is 7.22. The molecule has 2 bridgehead atoms. The number of halogens is 2. The van der Waals surface area contributed by atoms with E-state index < -0.39 is 0 Å². The normalized spacial score (nSPS) is 31.4. The van der Waals surface area contributed by atoms with Gasteiger partial charge in [-0.1, -0.05) is 43.9 Å². The topological polar surface area (TPSA) is 0 Å². The van der Waals surface area contributed by atoms with Crippen LogP contribution in [-0.2, 0) is 0 Å². The summed E-state index contributed by atoms with van der Waals surface area (Å²) in [5.74, 6) is 2.91. The lowest BCUT2D eigenvalue weighted by molar-refractivity contribution is 0.395. The highest BCUT2D eigenvalue weighted by molar-refractivity contribution is 6.68. The molecule has 2 aliphatic rings. The van der Waals surface area contributed by atoms with Crippen LogP contribution in [0.1, 0.15) is 44.9 Å². The molecule has 2 rings (SSSR count). The van der Waals surface area contributed by atoms with Crippen LogP contribution in [0.4, 0.5) is 0 Å². The molecule has 0 aromatic heterocycles. The van der Waals surface area contributed by atoms with Crippen LogP contribution in [0.2, 0.25) is 6.04 Å². The molecule has 0 saturated heterocycles. The van der Waals surface area contributed by atoms with Crippen molar-refractivity contribution in [1.82, 2.24) is 0 Å². The van der Waals surface area contributed by atoms with Gasteiger partial charge in [0.25, 0.3) is 0 Å². The van der Waals surface area contributed by atoms with Crippen molar-refractivity contribution in [1.29, 1.82) is 0 Å². The Morgan fingerprint density at radius 2 is 1.88 bits per heavy atom. The number of alkyl halides is 2. The zero-order valence-corrected chi connectivity index (χ0v) is 13.5.